The minimum atomic E-state index is 0.0579. The van der Waals surface area contributed by atoms with Crippen molar-refractivity contribution in [2.45, 2.75) is 31.0 Å². The van der Waals surface area contributed by atoms with Crippen LogP contribution in [0.4, 0.5) is 0 Å². The van der Waals surface area contributed by atoms with Crippen LogP contribution in [0, 0.1) is 0 Å². The highest BCUT2D eigenvalue weighted by atomic mass is 32.1. The Kier molecular flexibility index (Phi) is 4.24. The number of nitrogens with zero attached hydrogens (tertiary/aromatic N) is 3. The first-order chi connectivity index (χ1) is 11.7. The van der Waals surface area contributed by atoms with Gasteiger partial charge >= 0.3 is 0 Å². The molecule has 0 amide bonds. The van der Waals surface area contributed by atoms with E-state index in [0.29, 0.717) is 0 Å². The monoisotopic (exact) mass is 342 g/mol. The van der Waals surface area contributed by atoms with E-state index in [1.165, 1.54) is 5.56 Å². The molecule has 0 aromatic carbocycles. The number of aromatic nitrogens is 2. The standard InChI is InChI=1S/C18H22N4OS/c1-21-9-7-13(11-21)17-16(15-6-2-3-8-19-15)20-18(24)22(17)12-14-5-4-10-23-14/h2-3,6-9,11,14,16-17H,4-5,10,12H2,1H3,(H,20,24)/t14-,16-,17+/m0/s1. The lowest BCUT2D eigenvalue weighted by Crippen LogP contribution is -2.36. The Labute approximate surface area is 147 Å². The summed E-state index contributed by atoms with van der Waals surface area (Å²) >= 11 is 5.66. The summed E-state index contributed by atoms with van der Waals surface area (Å²) in [5, 5.41) is 4.27. The van der Waals surface area contributed by atoms with Crippen molar-refractivity contribution in [3.8, 4) is 0 Å². The molecule has 0 spiro atoms. The van der Waals surface area contributed by atoms with Crippen LogP contribution in [0.25, 0.3) is 0 Å². The highest BCUT2D eigenvalue weighted by molar-refractivity contribution is 7.80. The van der Waals surface area contributed by atoms with E-state index in [1.54, 1.807) is 0 Å². The molecule has 2 saturated heterocycles. The molecule has 2 aliphatic rings. The van der Waals surface area contributed by atoms with Crippen LogP contribution in [-0.4, -0.2) is 38.8 Å². The summed E-state index contributed by atoms with van der Waals surface area (Å²) < 4.78 is 7.92. The maximum Gasteiger partial charge on any atom is 0.170 e. The molecule has 3 atom stereocenters. The molecule has 5 nitrogen and oxygen atoms in total. The average molecular weight is 342 g/mol. The van der Waals surface area contributed by atoms with Crippen molar-refractivity contribution in [2.24, 2.45) is 7.05 Å². The lowest BCUT2D eigenvalue weighted by molar-refractivity contribution is 0.0842. The molecule has 0 aliphatic carbocycles. The lowest BCUT2D eigenvalue weighted by Gasteiger charge is -2.29. The Morgan fingerprint density at radius 1 is 1.38 bits per heavy atom. The third-order valence-electron chi connectivity index (χ3n) is 4.82. The molecule has 126 valence electrons. The van der Waals surface area contributed by atoms with Gasteiger partial charge in [0, 0.05) is 38.8 Å². The zero-order valence-electron chi connectivity index (χ0n) is 13.8. The van der Waals surface area contributed by atoms with E-state index < -0.39 is 0 Å². The van der Waals surface area contributed by atoms with Gasteiger partial charge < -0.3 is 19.5 Å². The quantitative estimate of drug-likeness (QED) is 0.865. The fraction of sp³-hybridized carbons (Fsp3) is 0.444. The van der Waals surface area contributed by atoms with Gasteiger partial charge in [0.1, 0.15) is 0 Å². The molecule has 6 heteroatoms. The van der Waals surface area contributed by atoms with Crippen molar-refractivity contribution in [3.05, 3.63) is 54.1 Å². The van der Waals surface area contributed by atoms with Crippen molar-refractivity contribution in [1.29, 1.82) is 0 Å². The second kappa shape index (κ2) is 6.53. The second-order valence-corrected chi connectivity index (χ2v) is 6.91. The van der Waals surface area contributed by atoms with E-state index in [4.69, 9.17) is 17.0 Å². The first-order valence-corrected chi connectivity index (χ1v) is 8.85. The van der Waals surface area contributed by atoms with Crippen LogP contribution in [0.3, 0.4) is 0 Å². The van der Waals surface area contributed by atoms with Gasteiger partial charge in [0.15, 0.2) is 5.11 Å². The maximum absolute atomic E-state index is 5.84. The third-order valence-corrected chi connectivity index (χ3v) is 5.17. The highest BCUT2D eigenvalue weighted by Crippen LogP contribution is 2.39. The second-order valence-electron chi connectivity index (χ2n) is 6.52. The predicted molar refractivity (Wildman–Crippen MR) is 96.5 cm³/mol. The minimum absolute atomic E-state index is 0.0579. The summed E-state index contributed by atoms with van der Waals surface area (Å²) in [5.74, 6) is 0. The van der Waals surface area contributed by atoms with Crippen molar-refractivity contribution >= 4 is 17.3 Å². The van der Waals surface area contributed by atoms with Gasteiger partial charge in [-0.25, -0.2) is 0 Å². The molecule has 0 radical (unpaired) electrons. The van der Waals surface area contributed by atoms with Gasteiger partial charge in [-0.2, -0.15) is 0 Å². The van der Waals surface area contributed by atoms with Crippen LogP contribution < -0.4 is 5.32 Å². The molecule has 0 saturated carbocycles. The van der Waals surface area contributed by atoms with Gasteiger partial charge in [-0.05, 0) is 48.8 Å². The largest absolute Gasteiger partial charge is 0.376 e. The topological polar surface area (TPSA) is 42.3 Å². The Balaban J connectivity index is 1.67. The fourth-order valence-electron chi connectivity index (χ4n) is 3.67. The molecular weight excluding hydrogens is 320 g/mol. The zero-order valence-corrected chi connectivity index (χ0v) is 14.6. The number of thiocarbonyl (C=S) groups is 1. The molecule has 2 fully saturated rings. The molecule has 2 aromatic heterocycles. The molecule has 2 aliphatic heterocycles. The van der Waals surface area contributed by atoms with E-state index in [-0.39, 0.29) is 18.2 Å². The van der Waals surface area contributed by atoms with Crippen LogP contribution >= 0.6 is 12.2 Å². The van der Waals surface area contributed by atoms with Gasteiger partial charge in [0.25, 0.3) is 0 Å². The van der Waals surface area contributed by atoms with Crippen molar-refractivity contribution in [3.63, 3.8) is 0 Å². The molecule has 1 N–H and O–H groups in total. The average Bonchev–Trinajstić information content (AvgIpc) is 3.31. The number of nitrogens with one attached hydrogen (secondary N) is 1. The van der Waals surface area contributed by atoms with Crippen molar-refractivity contribution in [1.82, 2.24) is 19.8 Å². The molecule has 24 heavy (non-hydrogen) atoms. The number of rotatable bonds is 4. The molecular formula is C18H22N4OS. The molecule has 4 rings (SSSR count). The summed E-state index contributed by atoms with van der Waals surface area (Å²) in [6.45, 7) is 1.69. The Bertz CT molecular complexity index is 711. The highest BCUT2D eigenvalue weighted by Gasteiger charge is 2.41. The van der Waals surface area contributed by atoms with E-state index in [1.807, 2.05) is 25.4 Å². The zero-order chi connectivity index (χ0) is 16.5. The number of hydrogen-bond acceptors (Lipinski definition) is 3. The summed E-state index contributed by atoms with van der Waals surface area (Å²) in [5.41, 5.74) is 2.27. The first-order valence-electron chi connectivity index (χ1n) is 8.44. The molecule has 4 heterocycles. The predicted octanol–water partition coefficient (Wildman–Crippen LogP) is 2.57. The van der Waals surface area contributed by atoms with Crippen LogP contribution in [0.15, 0.2) is 42.9 Å². The Morgan fingerprint density at radius 3 is 2.96 bits per heavy atom. The van der Waals surface area contributed by atoms with E-state index in [2.05, 4.69) is 44.3 Å². The van der Waals surface area contributed by atoms with Gasteiger partial charge in [-0.15, -0.1) is 0 Å². The maximum atomic E-state index is 5.84. The summed E-state index contributed by atoms with van der Waals surface area (Å²) in [7, 11) is 2.05. The van der Waals surface area contributed by atoms with Crippen LogP contribution in [0.2, 0.25) is 0 Å². The molecule has 0 bridgehead atoms. The van der Waals surface area contributed by atoms with Gasteiger partial charge in [0.05, 0.1) is 23.9 Å². The SMILES string of the molecule is Cn1ccc([C@@H]2[C@H](c3ccccn3)NC(=S)N2C[C@@H]2CCCO2)c1. The summed E-state index contributed by atoms with van der Waals surface area (Å²) in [6.07, 6.45) is 8.59. The van der Waals surface area contributed by atoms with Crippen LogP contribution in [0.5, 0.6) is 0 Å². The fourth-order valence-corrected chi connectivity index (χ4v) is 3.99. The molecule has 2 aromatic rings. The number of aryl methyl sites for hydroxylation is 1. The van der Waals surface area contributed by atoms with Crippen LogP contribution in [0.1, 0.15) is 36.2 Å². The van der Waals surface area contributed by atoms with Crippen LogP contribution in [-0.2, 0) is 11.8 Å². The number of pyridine rings is 1. The van der Waals surface area contributed by atoms with Gasteiger partial charge in [-0.1, -0.05) is 6.07 Å². The Morgan fingerprint density at radius 2 is 2.29 bits per heavy atom. The van der Waals surface area contributed by atoms with Crippen molar-refractivity contribution in [2.75, 3.05) is 13.2 Å². The van der Waals surface area contributed by atoms with E-state index in [9.17, 15) is 0 Å². The number of hydrogen-bond donors (Lipinski definition) is 1. The smallest absolute Gasteiger partial charge is 0.170 e. The van der Waals surface area contributed by atoms with E-state index >= 15 is 0 Å². The summed E-state index contributed by atoms with van der Waals surface area (Å²) in [4.78, 5) is 6.83. The van der Waals surface area contributed by atoms with Gasteiger partial charge in [-0.3, -0.25) is 4.98 Å². The molecule has 0 unspecified atom stereocenters. The van der Waals surface area contributed by atoms with Gasteiger partial charge in [0.2, 0.25) is 0 Å². The Hall–Kier alpha value is -1.92. The first kappa shape index (κ1) is 15.6. The lowest BCUT2D eigenvalue weighted by atomic mass is 9.99. The van der Waals surface area contributed by atoms with E-state index in [0.717, 1.165) is 36.8 Å². The third kappa shape index (κ3) is 2.91. The minimum Gasteiger partial charge on any atom is -0.376 e. The summed E-state index contributed by atoms with van der Waals surface area (Å²) in [6, 6.07) is 8.39. The normalized spacial score (nSPS) is 26.8. The number of ether oxygens (including phenoxy) is 1. The van der Waals surface area contributed by atoms with Crippen molar-refractivity contribution < 1.29 is 4.74 Å².